The van der Waals surface area contributed by atoms with Crippen LogP contribution in [-0.4, -0.2) is 29.9 Å². The highest BCUT2D eigenvalue weighted by molar-refractivity contribution is 5.91. The Kier molecular flexibility index (Phi) is 6.57. The van der Waals surface area contributed by atoms with Crippen molar-refractivity contribution in [2.24, 2.45) is 5.92 Å². The number of fused-ring (bicyclic) bond motifs is 1. The highest BCUT2D eigenvalue weighted by Gasteiger charge is 2.21. The zero-order valence-corrected chi connectivity index (χ0v) is 17.8. The second-order valence-corrected chi connectivity index (χ2v) is 8.14. The van der Waals surface area contributed by atoms with Gasteiger partial charge in [0.05, 0.1) is 13.1 Å². The van der Waals surface area contributed by atoms with Gasteiger partial charge in [0.2, 0.25) is 11.8 Å². The third kappa shape index (κ3) is 5.37. The summed E-state index contributed by atoms with van der Waals surface area (Å²) in [5, 5.41) is 0. The first-order valence-electron chi connectivity index (χ1n) is 10.2. The lowest BCUT2D eigenvalue weighted by atomic mass is 10.1. The molecule has 1 aliphatic rings. The van der Waals surface area contributed by atoms with Gasteiger partial charge in [0.1, 0.15) is 12.4 Å². The summed E-state index contributed by atoms with van der Waals surface area (Å²) >= 11 is 0. The van der Waals surface area contributed by atoms with E-state index in [9.17, 15) is 9.59 Å². The fourth-order valence-corrected chi connectivity index (χ4v) is 3.53. The van der Waals surface area contributed by atoms with E-state index in [0.29, 0.717) is 38.6 Å². The molecule has 0 fully saturated rings. The van der Waals surface area contributed by atoms with Gasteiger partial charge < -0.3 is 14.5 Å². The molecule has 2 amide bonds. The third-order valence-corrected chi connectivity index (χ3v) is 5.11. The van der Waals surface area contributed by atoms with Gasteiger partial charge in [0.15, 0.2) is 0 Å². The van der Waals surface area contributed by atoms with E-state index >= 15 is 0 Å². The van der Waals surface area contributed by atoms with Gasteiger partial charge in [-0.15, -0.1) is 0 Å². The molecule has 5 nitrogen and oxygen atoms in total. The second kappa shape index (κ2) is 9.12. The third-order valence-electron chi connectivity index (χ3n) is 5.11. The largest absolute Gasteiger partial charge is 0.491 e. The molecule has 0 saturated heterocycles. The second-order valence-electron chi connectivity index (χ2n) is 8.14. The fourth-order valence-electron chi connectivity index (χ4n) is 3.53. The molecule has 154 valence electrons. The molecular formula is C24H30N2O3. The summed E-state index contributed by atoms with van der Waals surface area (Å²) in [5.74, 6) is 1.30. The van der Waals surface area contributed by atoms with Gasteiger partial charge in [-0.05, 0) is 42.7 Å². The Hall–Kier alpha value is -2.82. The molecule has 0 N–H and O–H groups in total. The van der Waals surface area contributed by atoms with Crippen molar-refractivity contribution < 1.29 is 14.3 Å². The first-order valence-corrected chi connectivity index (χ1v) is 10.2. The Bertz CT molecular complexity index is 874. The van der Waals surface area contributed by atoms with Crippen LogP contribution in [0.25, 0.3) is 0 Å². The molecule has 0 aliphatic carbocycles. The predicted molar refractivity (Wildman–Crippen MR) is 115 cm³/mol. The molecule has 0 saturated carbocycles. The Morgan fingerprint density at radius 2 is 1.86 bits per heavy atom. The van der Waals surface area contributed by atoms with Crippen LogP contribution in [0.4, 0.5) is 5.69 Å². The fraction of sp³-hybridized carbons (Fsp3) is 0.417. The molecule has 3 rings (SSSR count). The normalized spacial score (nSPS) is 13.5. The van der Waals surface area contributed by atoms with E-state index in [1.807, 2.05) is 48.2 Å². The van der Waals surface area contributed by atoms with Crippen molar-refractivity contribution in [2.75, 3.05) is 18.1 Å². The number of hydrogen-bond donors (Lipinski definition) is 0. The number of carbonyl (C=O) groups is 2. The van der Waals surface area contributed by atoms with Gasteiger partial charge in [-0.25, -0.2) is 0 Å². The molecule has 1 aliphatic heterocycles. The van der Waals surface area contributed by atoms with Crippen LogP contribution in [0.15, 0.2) is 42.5 Å². The number of ether oxygens (including phenoxy) is 1. The number of nitrogens with zero attached hydrogens (tertiary/aromatic N) is 2. The van der Waals surface area contributed by atoms with Crippen molar-refractivity contribution in [3.05, 3.63) is 59.2 Å². The minimum Gasteiger partial charge on any atom is -0.491 e. The standard InChI is InChI=1S/C24H30N2O3/c1-17(2)13-24(28)25-11-12-29-23-10-7-20(14-21(23)16-25)15-26(19(4)27)22-8-5-18(3)6-9-22/h5-10,14,17H,11-13,15-16H2,1-4H3. The summed E-state index contributed by atoms with van der Waals surface area (Å²) in [7, 11) is 0. The molecule has 1 heterocycles. The molecular weight excluding hydrogens is 364 g/mol. The van der Waals surface area contributed by atoms with Gasteiger partial charge in [0, 0.05) is 31.1 Å². The molecule has 0 spiro atoms. The van der Waals surface area contributed by atoms with Crippen LogP contribution in [0.5, 0.6) is 5.75 Å². The zero-order chi connectivity index (χ0) is 21.0. The van der Waals surface area contributed by atoms with E-state index in [1.165, 1.54) is 0 Å². The van der Waals surface area contributed by atoms with E-state index in [2.05, 4.69) is 19.9 Å². The van der Waals surface area contributed by atoms with Gasteiger partial charge in [-0.1, -0.05) is 37.6 Å². The molecule has 0 unspecified atom stereocenters. The maximum absolute atomic E-state index is 12.6. The van der Waals surface area contributed by atoms with Crippen molar-refractivity contribution in [1.29, 1.82) is 0 Å². The minimum atomic E-state index is -0.00576. The number of amides is 2. The predicted octanol–water partition coefficient (Wildman–Crippen LogP) is 4.32. The monoisotopic (exact) mass is 394 g/mol. The number of benzene rings is 2. The van der Waals surface area contributed by atoms with E-state index in [-0.39, 0.29) is 11.8 Å². The summed E-state index contributed by atoms with van der Waals surface area (Å²) in [5.41, 5.74) is 4.04. The van der Waals surface area contributed by atoms with Gasteiger partial charge in [-0.3, -0.25) is 9.59 Å². The van der Waals surface area contributed by atoms with E-state index in [1.54, 1.807) is 11.8 Å². The minimum absolute atomic E-state index is 0.00576. The highest BCUT2D eigenvalue weighted by atomic mass is 16.5. The van der Waals surface area contributed by atoms with Crippen LogP contribution in [0.3, 0.4) is 0 Å². The lowest BCUT2D eigenvalue weighted by molar-refractivity contribution is -0.132. The lowest BCUT2D eigenvalue weighted by Crippen LogP contribution is -2.33. The lowest BCUT2D eigenvalue weighted by Gasteiger charge is -2.23. The molecule has 0 radical (unpaired) electrons. The molecule has 0 aromatic heterocycles. The quantitative estimate of drug-likeness (QED) is 0.759. The Morgan fingerprint density at radius 1 is 1.14 bits per heavy atom. The zero-order valence-electron chi connectivity index (χ0n) is 17.8. The van der Waals surface area contributed by atoms with E-state index in [0.717, 1.165) is 28.1 Å². The average molecular weight is 395 g/mol. The molecule has 29 heavy (non-hydrogen) atoms. The van der Waals surface area contributed by atoms with Crippen LogP contribution in [0, 0.1) is 12.8 Å². The smallest absolute Gasteiger partial charge is 0.224 e. The van der Waals surface area contributed by atoms with Crippen LogP contribution < -0.4 is 9.64 Å². The van der Waals surface area contributed by atoms with Crippen molar-refractivity contribution in [1.82, 2.24) is 4.90 Å². The molecule has 0 bridgehead atoms. The van der Waals surface area contributed by atoms with E-state index in [4.69, 9.17) is 4.74 Å². The van der Waals surface area contributed by atoms with E-state index < -0.39 is 0 Å². The Balaban J connectivity index is 1.81. The highest BCUT2D eigenvalue weighted by Crippen LogP contribution is 2.27. The number of hydrogen-bond acceptors (Lipinski definition) is 3. The summed E-state index contributed by atoms with van der Waals surface area (Å²) in [4.78, 5) is 28.5. The maximum atomic E-state index is 12.6. The van der Waals surface area contributed by atoms with Crippen molar-refractivity contribution in [3.63, 3.8) is 0 Å². The van der Waals surface area contributed by atoms with Crippen molar-refractivity contribution >= 4 is 17.5 Å². The first kappa shape index (κ1) is 20.9. The number of aryl methyl sites for hydroxylation is 1. The molecule has 5 heteroatoms. The van der Waals surface area contributed by atoms with Crippen LogP contribution in [0.1, 0.15) is 43.9 Å². The topological polar surface area (TPSA) is 49.9 Å². The summed E-state index contributed by atoms with van der Waals surface area (Å²) in [6.45, 7) is 9.83. The Labute approximate surface area is 173 Å². The van der Waals surface area contributed by atoms with Crippen LogP contribution in [-0.2, 0) is 22.7 Å². The van der Waals surface area contributed by atoms with Gasteiger partial charge >= 0.3 is 0 Å². The maximum Gasteiger partial charge on any atom is 0.224 e. The molecule has 0 atom stereocenters. The van der Waals surface area contributed by atoms with Gasteiger partial charge in [0.25, 0.3) is 0 Å². The van der Waals surface area contributed by atoms with Crippen molar-refractivity contribution in [2.45, 2.75) is 47.2 Å². The van der Waals surface area contributed by atoms with Crippen LogP contribution in [0.2, 0.25) is 0 Å². The summed E-state index contributed by atoms with van der Waals surface area (Å²) in [6.07, 6.45) is 0.542. The van der Waals surface area contributed by atoms with Crippen LogP contribution >= 0.6 is 0 Å². The Morgan fingerprint density at radius 3 is 2.52 bits per heavy atom. The summed E-state index contributed by atoms with van der Waals surface area (Å²) in [6, 6.07) is 14.0. The number of carbonyl (C=O) groups excluding carboxylic acids is 2. The molecule has 2 aromatic rings. The average Bonchev–Trinajstić information content (AvgIpc) is 2.88. The molecule has 2 aromatic carbocycles. The number of anilines is 1. The summed E-state index contributed by atoms with van der Waals surface area (Å²) < 4.78 is 5.86. The SMILES string of the molecule is CC(=O)N(Cc1ccc2c(c1)CN(C(=O)CC(C)C)CCO2)c1ccc(C)cc1. The van der Waals surface area contributed by atoms with Gasteiger partial charge in [-0.2, -0.15) is 0 Å². The number of rotatable bonds is 5. The first-order chi connectivity index (χ1) is 13.8. The van der Waals surface area contributed by atoms with Crippen molar-refractivity contribution in [3.8, 4) is 5.75 Å².